The number of ether oxygens (including phenoxy) is 1. The summed E-state index contributed by atoms with van der Waals surface area (Å²) < 4.78 is 19.4. The summed E-state index contributed by atoms with van der Waals surface area (Å²) in [6.07, 6.45) is 1.59. The average Bonchev–Trinajstić information content (AvgIpc) is 2.46. The Bertz CT molecular complexity index is 738. The molecule has 0 saturated carbocycles. The Morgan fingerprint density at radius 3 is 2.74 bits per heavy atom. The van der Waals surface area contributed by atoms with Crippen LogP contribution in [-0.4, -0.2) is 17.6 Å². The topological polar surface area (TPSA) is 65.2 Å². The molecule has 0 aliphatic heterocycles. The maximum Gasteiger partial charge on any atom is 0.342 e. The quantitative estimate of drug-likeness (QED) is 0.477. The van der Waals surface area contributed by atoms with E-state index in [1.54, 1.807) is 0 Å². The molecule has 0 aliphatic rings. The summed E-state index contributed by atoms with van der Waals surface area (Å²) in [5, 5.41) is 0.283. The molecule has 0 atom stereocenters. The fourth-order valence-electron chi connectivity index (χ4n) is 2.00. The highest BCUT2D eigenvalue weighted by atomic mass is 35.5. The van der Waals surface area contributed by atoms with E-state index in [1.807, 2.05) is 6.92 Å². The zero-order chi connectivity index (χ0) is 17.0. The molecule has 0 radical (unpaired) electrons. The summed E-state index contributed by atoms with van der Waals surface area (Å²) >= 11 is 11.6. The van der Waals surface area contributed by atoms with Crippen molar-refractivity contribution in [2.45, 2.75) is 19.8 Å². The van der Waals surface area contributed by atoms with Gasteiger partial charge in [-0.25, -0.2) is 14.2 Å². The molecule has 2 N–H and O–H groups in total. The van der Waals surface area contributed by atoms with Gasteiger partial charge in [-0.15, -0.1) is 0 Å². The fraction of sp³-hybridized carbons (Fsp3) is 0.250. The molecule has 1 aromatic heterocycles. The van der Waals surface area contributed by atoms with Gasteiger partial charge in [-0.1, -0.05) is 36.5 Å². The lowest BCUT2D eigenvalue weighted by atomic mass is 10.0. The Kier molecular flexibility index (Phi) is 5.80. The first-order valence-electron chi connectivity index (χ1n) is 7.02. The normalized spacial score (nSPS) is 10.6. The minimum absolute atomic E-state index is 0.00766. The minimum atomic E-state index is -0.663. The SMILES string of the molecule is CCCCOC(=O)c1c(N)cc(Cl)nc1-c1ccc(Cl)cc1F. The number of pyridine rings is 1. The molecule has 0 bridgehead atoms. The van der Waals surface area contributed by atoms with Crippen LogP contribution in [0.4, 0.5) is 10.1 Å². The zero-order valence-corrected chi connectivity index (χ0v) is 13.9. The smallest absolute Gasteiger partial charge is 0.342 e. The third-order valence-electron chi connectivity index (χ3n) is 3.14. The molecule has 23 heavy (non-hydrogen) atoms. The van der Waals surface area contributed by atoms with E-state index in [-0.39, 0.29) is 39.3 Å². The second kappa shape index (κ2) is 7.62. The highest BCUT2D eigenvalue weighted by molar-refractivity contribution is 6.31. The summed E-state index contributed by atoms with van der Waals surface area (Å²) in [6.45, 7) is 2.22. The number of hydrogen-bond acceptors (Lipinski definition) is 4. The summed E-state index contributed by atoms with van der Waals surface area (Å²) in [5.41, 5.74) is 6.05. The molecule has 0 amide bonds. The van der Waals surface area contributed by atoms with E-state index in [4.69, 9.17) is 33.7 Å². The molecule has 0 unspecified atom stereocenters. The summed E-state index contributed by atoms with van der Waals surface area (Å²) in [6, 6.07) is 5.36. The van der Waals surface area contributed by atoms with Crippen molar-refractivity contribution >= 4 is 34.9 Å². The number of unbranched alkanes of at least 4 members (excludes halogenated alkanes) is 1. The lowest BCUT2D eigenvalue weighted by molar-refractivity contribution is 0.0501. The van der Waals surface area contributed by atoms with Gasteiger partial charge >= 0.3 is 5.97 Å². The molecule has 1 heterocycles. The van der Waals surface area contributed by atoms with E-state index in [1.165, 1.54) is 18.2 Å². The predicted octanol–water partition coefficient (Wildman–Crippen LogP) is 4.73. The maximum atomic E-state index is 14.2. The van der Waals surface area contributed by atoms with Crippen LogP contribution in [0.15, 0.2) is 24.3 Å². The van der Waals surface area contributed by atoms with Crippen molar-refractivity contribution in [1.82, 2.24) is 4.98 Å². The third-order valence-corrected chi connectivity index (χ3v) is 3.57. The second-order valence-electron chi connectivity index (χ2n) is 4.87. The van der Waals surface area contributed by atoms with Gasteiger partial charge in [0.05, 0.1) is 18.0 Å². The highest BCUT2D eigenvalue weighted by Gasteiger charge is 2.22. The standard InChI is InChI=1S/C16H15Cl2FN2O2/c1-2-3-6-23-16(22)14-12(20)8-13(18)21-15(14)10-5-4-9(17)7-11(10)19/h4-5,7-8H,2-3,6H2,1H3,(H2,20,21). The first-order valence-corrected chi connectivity index (χ1v) is 7.78. The largest absolute Gasteiger partial charge is 0.462 e. The van der Waals surface area contributed by atoms with E-state index in [0.717, 1.165) is 18.9 Å². The van der Waals surface area contributed by atoms with Gasteiger partial charge in [0.2, 0.25) is 0 Å². The van der Waals surface area contributed by atoms with Gasteiger partial charge in [0, 0.05) is 10.6 Å². The summed E-state index contributed by atoms with van der Waals surface area (Å²) in [4.78, 5) is 16.3. The lowest BCUT2D eigenvalue weighted by Crippen LogP contribution is -2.12. The number of benzene rings is 1. The van der Waals surface area contributed by atoms with Crippen molar-refractivity contribution in [3.05, 3.63) is 45.8 Å². The van der Waals surface area contributed by atoms with Gasteiger partial charge in [-0.2, -0.15) is 0 Å². The molecule has 1 aromatic carbocycles. The Morgan fingerprint density at radius 1 is 1.35 bits per heavy atom. The second-order valence-corrected chi connectivity index (χ2v) is 5.70. The molecule has 0 fully saturated rings. The first-order chi connectivity index (χ1) is 10.9. The number of hydrogen-bond donors (Lipinski definition) is 1. The number of esters is 1. The highest BCUT2D eigenvalue weighted by Crippen LogP contribution is 2.32. The van der Waals surface area contributed by atoms with Crippen LogP contribution in [0.25, 0.3) is 11.3 Å². The Labute approximate surface area is 143 Å². The number of carbonyl (C=O) groups excluding carboxylic acids is 1. The van der Waals surface area contributed by atoms with Crippen molar-refractivity contribution in [3.63, 3.8) is 0 Å². The van der Waals surface area contributed by atoms with Crippen LogP contribution in [0.3, 0.4) is 0 Å². The molecule has 7 heteroatoms. The number of aromatic nitrogens is 1. The fourth-order valence-corrected chi connectivity index (χ4v) is 2.37. The van der Waals surface area contributed by atoms with Crippen molar-refractivity contribution in [3.8, 4) is 11.3 Å². The Balaban J connectivity index is 2.52. The molecule has 2 aromatic rings. The monoisotopic (exact) mass is 356 g/mol. The molecule has 0 saturated heterocycles. The number of nitrogens with zero attached hydrogens (tertiary/aromatic N) is 1. The lowest BCUT2D eigenvalue weighted by Gasteiger charge is -2.13. The number of nitrogens with two attached hydrogens (primary N) is 1. The van der Waals surface area contributed by atoms with Gasteiger partial charge in [0.15, 0.2) is 0 Å². The van der Waals surface area contributed by atoms with Gasteiger partial charge in [-0.05, 0) is 30.7 Å². The minimum Gasteiger partial charge on any atom is -0.462 e. The first kappa shape index (κ1) is 17.5. The van der Waals surface area contributed by atoms with Crippen LogP contribution in [0.2, 0.25) is 10.2 Å². The number of rotatable bonds is 5. The van der Waals surface area contributed by atoms with Gasteiger partial charge in [-0.3, -0.25) is 0 Å². The van der Waals surface area contributed by atoms with Crippen molar-refractivity contribution in [2.75, 3.05) is 12.3 Å². The van der Waals surface area contributed by atoms with Crippen LogP contribution >= 0.6 is 23.2 Å². The van der Waals surface area contributed by atoms with Crippen LogP contribution in [0.1, 0.15) is 30.1 Å². The zero-order valence-electron chi connectivity index (χ0n) is 12.4. The number of carbonyl (C=O) groups is 1. The van der Waals surface area contributed by atoms with Crippen LogP contribution in [-0.2, 0) is 4.74 Å². The van der Waals surface area contributed by atoms with Crippen molar-refractivity contribution in [1.29, 1.82) is 0 Å². The van der Waals surface area contributed by atoms with Crippen LogP contribution in [0.5, 0.6) is 0 Å². The third kappa shape index (κ3) is 4.12. The van der Waals surface area contributed by atoms with E-state index in [0.29, 0.717) is 0 Å². The predicted molar refractivity (Wildman–Crippen MR) is 89.3 cm³/mol. The molecule has 2 rings (SSSR count). The molecule has 4 nitrogen and oxygen atoms in total. The van der Waals surface area contributed by atoms with Crippen LogP contribution < -0.4 is 5.73 Å². The number of anilines is 1. The molecular formula is C16H15Cl2FN2O2. The summed E-state index contributed by atoms with van der Waals surface area (Å²) in [5.74, 6) is -1.29. The molecular weight excluding hydrogens is 342 g/mol. The summed E-state index contributed by atoms with van der Waals surface area (Å²) in [7, 11) is 0. The van der Waals surface area contributed by atoms with Gasteiger partial charge in [0.25, 0.3) is 0 Å². The van der Waals surface area contributed by atoms with E-state index in [2.05, 4.69) is 4.98 Å². The number of halogens is 3. The average molecular weight is 357 g/mol. The van der Waals surface area contributed by atoms with Crippen LogP contribution in [0, 0.1) is 5.82 Å². The molecule has 0 spiro atoms. The van der Waals surface area contributed by atoms with Gasteiger partial charge in [0.1, 0.15) is 16.5 Å². The Morgan fingerprint density at radius 2 is 2.09 bits per heavy atom. The van der Waals surface area contributed by atoms with Gasteiger partial charge < -0.3 is 10.5 Å². The molecule has 122 valence electrons. The molecule has 0 aliphatic carbocycles. The van der Waals surface area contributed by atoms with E-state index < -0.39 is 11.8 Å². The van der Waals surface area contributed by atoms with E-state index in [9.17, 15) is 9.18 Å². The van der Waals surface area contributed by atoms with Crippen molar-refractivity contribution in [2.24, 2.45) is 0 Å². The Hall–Kier alpha value is -1.85. The number of nitrogen functional groups attached to an aromatic ring is 1. The maximum absolute atomic E-state index is 14.2. The van der Waals surface area contributed by atoms with E-state index >= 15 is 0 Å². The van der Waals surface area contributed by atoms with Crippen molar-refractivity contribution < 1.29 is 13.9 Å².